The van der Waals surface area contributed by atoms with E-state index in [9.17, 15) is 21.6 Å². The molecule has 0 bridgehead atoms. The van der Waals surface area contributed by atoms with Crippen LogP contribution in [0.15, 0.2) is 29.2 Å². The quantitative estimate of drug-likeness (QED) is 0.610. The van der Waals surface area contributed by atoms with Crippen molar-refractivity contribution in [1.82, 2.24) is 13.9 Å². The summed E-state index contributed by atoms with van der Waals surface area (Å²) < 4.78 is 53.8. The lowest BCUT2D eigenvalue weighted by atomic mass is 10.3. The van der Waals surface area contributed by atoms with Crippen molar-refractivity contribution in [2.24, 2.45) is 0 Å². The number of hydrogen-bond acceptors (Lipinski definition) is 6. The van der Waals surface area contributed by atoms with Gasteiger partial charge in [0.15, 0.2) is 0 Å². The number of nitrogens with zero attached hydrogens (tertiary/aromatic N) is 2. The fraction of sp³-hybridized carbons (Fsp3) is 0.588. The predicted molar refractivity (Wildman–Crippen MR) is 108 cm³/mol. The Balaban J connectivity index is 2.16. The van der Waals surface area contributed by atoms with Gasteiger partial charge in [-0.05, 0) is 38.1 Å². The molecule has 9 nitrogen and oxygen atoms in total. The maximum atomic E-state index is 13.0. The molecular formula is C17H28N4O5S2. The number of carbonyl (C=O) groups excluding carboxylic acids is 1. The summed E-state index contributed by atoms with van der Waals surface area (Å²) in [5, 5.41) is 5.67. The van der Waals surface area contributed by atoms with Gasteiger partial charge in [-0.2, -0.15) is 8.61 Å². The van der Waals surface area contributed by atoms with Crippen LogP contribution in [0.5, 0.6) is 0 Å². The highest BCUT2D eigenvalue weighted by molar-refractivity contribution is 7.90. The number of amides is 1. The minimum absolute atomic E-state index is 0.0508. The minimum atomic E-state index is -3.87. The fourth-order valence-corrected chi connectivity index (χ4v) is 6.14. The molecule has 0 unspecified atom stereocenters. The van der Waals surface area contributed by atoms with Crippen molar-refractivity contribution in [3.8, 4) is 0 Å². The zero-order valence-corrected chi connectivity index (χ0v) is 18.0. The molecule has 1 heterocycles. The Morgan fingerprint density at radius 2 is 1.71 bits per heavy atom. The average Bonchev–Trinajstić information content (AvgIpc) is 2.62. The van der Waals surface area contributed by atoms with Crippen molar-refractivity contribution < 1.29 is 21.6 Å². The number of hydrogen-bond donors (Lipinski definition) is 2. The average molecular weight is 433 g/mol. The first kappa shape index (κ1) is 22.8. The maximum absolute atomic E-state index is 13.0. The van der Waals surface area contributed by atoms with Crippen LogP contribution in [-0.4, -0.2) is 75.9 Å². The summed E-state index contributed by atoms with van der Waals surface area (Å²) >= 11 is 0. The molecule has 0 spiro atoms. The molecule has 0 aromatic heterocycles. The van der Waals surface area contributed by atoms with Gasteiger partial charge in [-0.25, -0.2) is 16.8 Å². The predicted octanol–water partition coefficient (Wildman–Crippen LogP) is 0.279. The number of sulfonamides is 2. The van der Waals surface area contributed by atoms with Gasteiger partial charge in [0.05, 0.1) is 10.6 Å². The summed E-state index contributed by atoms with van der Waals surface area (Å²) in [6.45, 7) is 6.62. The van der Waals surface area contributed by atoms with Crippen LogP contribution < -0.4 is 10.6 Å². The molecule has 1 saturated heterocycles. The topological polar surface area (TPSA) is 116 Å². The van der Waals surface area contributed by atoms with E-state index in [-0.39, 0.29) is 23.1 Å². The third-order valence-electron chi connectivity index (χ3n) is 4.40. The lowest BCUT2D eigenvalue weighted by molar-refractivity contribution is -0.114. The van der Waals surface area contributed by atoms with E-state index in [2.05, 4.69) is 10.6 Å². The van der Waals surface area contributed by atoms with Crippen LogP contribution in [0.2, 0.25) is 0 Å². The molecule has 1 aliphatic heterocycles. The molecule has 11 heteroatoms. The molecule has 0 radical (unpaired) electrons. The van der Waals surface area contributed by atoms with E-state index in [0.29, 0.717) is 31.9 Å². The lowest BCUT2D eigenvalue weighted by Gasteiger charge is -2.29. The Morgan fingerprint density at radius 1 is 1.14 bits per heavy atom. The van der Waals surface area contributed by atoms with Crippen LogP contribution in [0.25, 0.3) is 0 Å². The minimum Gasteiger partial charge on any atom is -0.326 e. The van der Waals surface area contributed by atoms with E-state index in [1.54, 1.807) is 13.8 Å². The van der Waals surface area contributed by atoms with Crippen molar-refractivity contribution in [3.05, 3.63) is 24.3 Å². The molecule has 2 N–H and O–H groups in total. The van der Waals surface area contributed by atoms with Gasteiger partial charge in [0.2, 0.25) is 26.0 Å². The van der Waals surface area contributed by atoms with Crippen LogP contribution in [0, 0.1) is 0 Å². The van der Waals surface area contributed by atoms with E-state index in [1.807, 2.05) is 0 Å². The maximum Gasteiger partial charge on any atom is 0.243 e. The van der Waals surface area contributed by atoms with Crippen molar-refractivity contribution >= 4 is 31.6 Å². The monoisotopic (exact) mass is 432 g/mol. The fourth-order valence-electron chi connectivity index (χ4n) is 2.96. The van der Waals surface area contributed by atoms with E-state index >= 15 is 0 Å². The Bertz CT molecular complexity index is 877. The van der Waals surface area contributed by atoms with E-state index in [1.165, 1.54) is 39.8 Å². The van der Waals surface area contributed by atoms with E-state index < -0.39 is 26.1 Å². The third kappa shape index (κ3) is 5.74. The first-order valence-corrected chi connectivity index (χ1v) is 12.2. The molecule has 1 amide bonds. The smallest absolute Gasteiger partial charge is 0.243 e. The summed E-state index contributed by atoms with van der Waals surface area (Å²) in [7, 11) is -7.41. The SMILES string of the molecule is CC(=O)Nc1ccc(S(=O)(=O)N(CCS(=O)(=O)N2CCNCC2)C(C)C)cc1. The molecule has 1 aliphatic rings. The molecule has 2 rings (SSSR count). The number of nitrogens with one attached hydrogen (secondary N) is 2. The van der Waals surface area contributed by atoms with Gasteiger partial charge < -0.3 is 10.6 Å². The van der Waals surface area contributed by atoms with Gasteiger partial charge >= 0.3 is 0 Å². The standard InChI is InChI=1S/C17H28N4O5S2/c1-14(2)21(12-13-27(23,24)20-10-8-18-9-11-20)28(25,26)17-6-4-16(5-7-17)19-15(3)22/h4-7,14,18H,8-13H2,1-3H3,(H,19,22). The van der Waals surface area contributed by atoms with Gasteiger partial charge in [0, 0.05) is 51.4 Å². The second kappa shape index (κ2) is 9.31. The number of carbonyl (C=O) groups is 1. The third-order valence-corrected chi connectivity index (χ3v) is 8.34. The molecule has 1 fully saturated rings. The molecular weight excluding hydrogens is 404 g/mol. The normalized spacial score (nSPS) is 16.5. The largest absolute Gasteiger partial charge is 0.326 e. The first-order valence-electron chi connectivity index (χ1n) is 9.12. The van der Waals surface area contributed by atoms with Crippen molar-refractivity contribution in [3.63, 3.8) is 0 Å². The second-order valence-corrected chi connectivity index (χ2v) is 10.9. The van der Waals surface area contributed by atoms with Crippen LogP contribution in [0.4, 0.5) is 5.69 Å². The molecule has 0 aliphatic carbocycles. The number of anilines is 1. The van der Waals surface area contributed by atoms with Crippen LogP contribution >= 0.6 is 0 Å². The summed E-state index contributed by atoms with van der Waals surface area (Å²) in [5.41, 5.74) is 0.490. The molecule has 0 atom stereocenters. The summed E-state index contributed by atoms with van der Waals surface area (Å²) in [6, 6.07) is 5.41. The molecule has 1 aromatic carbocycles. The molecule has 1 aromatic rings. The van der Waals surface area contributed by atoms with Crippen molar-refractivity contribution in [1.29, 1.82) is 0 Å². The van der Waals surface area contributed by atoms with Gasteiger partial charge in [0.25, 0.3) is 0 Å². The zero-order valence-electron chi connectivity index (χ0n) is 16.4. The van der Waals surface area contributed by atoms with Gasteiger partial charge in [-0.3, -0.25) is 4.79 Å². The Labute approximate surface area is 167 Å². The van der Waals surface area contributed by atoms with Gasteiger partial charge in [-0.1, -0.05) is 0 Å². The van der Waals surface area contributed by atoms with Crippen LogP contribution in [0.3, 0.4) is 0 Å². The zero-order chi connectivity index (χ0) is 20.9. The van der Waals surface area contributed by atoms with Gasteiger partial charge in [-0.15, -0.1) is 0 Å². The van der Waals surface area contributed by atoms with Crippen molar-refractivity contribution in [2.45, 2.75) is 31.7 Å². The highest BCUT2D eigenvalue weighted by Gasteiger charge is 2.30. The summed E-state index contributed by atoms with van der Waals surface area (Å²) in [5.74, 6) is -0.522. The molecule has 0 saturated carbocycles. The Hall–Kier alpha value is -1.53. The number of rotatable bonds is 8. The van der Waals surface area contributed by atoms with Crippen molar-refractivity contribution in [2.75, 3.05) is 43.8 Å². The van der Waals surface area contributed by atoms with E-state index in [4.69, 9.17) is 0 Å². The van der Waals surface area contributed by atoms with Gasteiger partial charge in [0.1, 0.15) is 0 Å². The Morgan fingerprint density at radius 3 is 2.21 bits per heavy atom. The highest BCUT2D eigenvalue weighted by atomic mass is 32.2. The van der Waals surface area contributed by atoms with E-state index in [0.717, 1.165) is 0 Å². The Kier molecular flexibility index (Phi) is 7.57. The molecule has 28 heavy (non-hydrogen) atoms. The number of piperazine rings is 1. The summed E-state index contributed by atoms with van der Waals surface area (Å²) in [6.07, 6.45) is 0. The molecule has 158 valence electrons. The first-order chi connectivity index (χ1) is 13.0. The van der Waals surface area contributed by atoms with Crippen LogP contribution in [0.1, 0.15) is 20.8 Å². The summed E-state index contributed by atoms with van der Waals surface area (Å²) in [4.78, 5) is 11.2. The lowest BCUT2D eigenvalue weighted by Crippen LogP contribution is -2.49. The van der Waals surface area contributed by atoms with Crippen LogP contribution in [-0.2, 0) is 24.8 Å². The second-order valence-electron chi connectivity index (χ2n) is 6.88. The highest BCUT2D eigenvalue weighted by Crippen LogP contribution is 2.21. The number of benzene rings is 1.